The number of hydrogen-bond donors (Lipinski definition) is 1. The third-order valence-corrected chi connectivity index (χ3v) is 4.29. The first-order valence-corrected chi connectivity index (χ1v) is 7.48. The van der Waals surface area contributed by atoms with E-state index in [-0.39, 0.29) is 30.1 Å². The number of amides is 1. The fourth-order valence-corrected chi connectivity index (χ4v) is 3.37. The number of carbonyl (C=O) groups excluding carboxylic acids is 1. The van der Waals surface area contributed by atoms with Gasteiger partial charge in [0.1, 0.15) is 5.51 Å². The molecule has 2 aliphatic heterocycles. The molecule has 1 aromatic rings. The van der Waals surface area contributed by atoms with Gasteiger partial charge in [0, 0.05) is 19.1 Å². The van der Waals surface area contributed by atoms with E-state index < -0.39 is 0 Å². The van der Waals surface area contributed by atoms with Gasteiger partial charge in [0.25, 0.3) is 0 Å². The highest BCUT2D eigenvalue weighted by atomic mass is 32.1. The number of fused-ring (bicyclic) bond motifs is 2. The van der Waals surface area contributed by atoms with E-state index in [9.17, 15) is 4.79 Å². The molecule has 6 nitrogen and oxygen atoms in total. The van der Waals surface area contributed by atoms with E-state index >= 15 is 0 Å². The van der Waals surface area contributed by atoms with Crippen LogP contribution in [-0.4, -0.2) is 47.4 Å². The van der Waals surface area contributed by atoms with Crippen molar-refractivity contribution < 1.29 is 9.53 Å². The summed E-state index contributed by atoms with van der Waals surface area (Å²) >= 11 is 1.53. The predicted molar refractivity (Wildman–Crippen MR) is 72.2 cm³/mol. The number of nitrogens with zero attached hydrogens (tertiary/aromatic N) is 3. The Morgan fingerprint density at radius 1 is 1.58 bits per heavy atom. The summed E-state index contributed by atoms with van der Waals surface area (Å²) in [5.74, 6) is 0.0759. The summed E-state index contributed by atoms with van der Waals surface area (Å²) in [6.07, 6.45) is 0.908. The van der Waals surface area contributed by atoms with E-state index in [1.165, 1.54) is 11.3 Å². The highest BCUT2D eigenvalue weighted by molar-refractivity contribution is 7.13. The van der Waals surface area contributed by atoms with Crippen LogP contribution in [0.1, 0.15) is 20.3 Å². The van der Waals surface area contributed by atoms with Crippen molar-refractivity contribution >= 4 is 22.4 Å². The summed E-state index contributed by atoms with van der Waals surface area (Å²) in [6.45, 7) is 5.49. The van der Waals surface area contributed by atoms with Crippen molar-refractivity contribution in [2.75, 3.05) is 18.0 Å². The maximum Gasteiger partial charge on any atom is 0.226 e. The monoisotopic (exact) mass is 282 g/mol. The number of morpholine rings is 1. The molecule has 19 heavy (non-hydrogen) atoms. The molecule has 104 valence electrons. The molecule has 2 bridgehead atoms. The van der Waals surface area contributed by atoms with Gasteiger partial charge in [0.05, 0.1) is 18.1 Å². The molecular weight excluding hydrogens is 264 g/mol. The van der Waals surface area contributed by atoms with Gasteiger partial charge in [0.15, 0.2) is 0 Å². The molecule has 1 N–H and O–H groups in total. The average molecular weight is 282 g/mol. The molecule has 0 aliphatic carbocycles. The van der Waals surface area contributed by atoms with E-state index in [1.54, 1.807) is 5.51 Å². The molecule has 2 aliphatic rings. The zero-order chi connectivity index (χ0) is 13.4. The van der Waals surface area contributed by atoms with Gasteiger partial charge >= 0.3 is 0 Å². The molecule has 2 saturated heterocycles. The maximum absolute atomic E-state index is 12.2. The Hall–Kier alpha value is -1.21. The lowest BCUT2D eigenvalue weighted by Gasteiger charge is -2.32. The molecule has 0 unspecified atom stereocenters. The number of carbonyl (C=O) groups is 1. The summed E-state index contributed by atoms with van der Waals surface area (Å²) < 4.78 is 5.89. The van der Waals surface area contributed by atoms with Gasteiger partial charge < -0.3 is 15.0 Å². The largest absolute Gasteiger partial charge is 0.370 e. The van der Waals surface area contributed by atoms with Crippen molar-refractivity contribution in [2.45, 2.75) is 38.5 Å². The Bertz CT molecular complexity index is 451. The summed E-state index contributed by atoms with van der Waals surface area (Å²) in [7, 11) is 0. The minimum Gasteiger partial charge on any atom is -0.370 e. The van der Waals surface area contributed by atoms with Crippen molar-refractivity contribution in [3.8, 4) is 0 Å². The third-order valence-electron chi connectivity index (χ3n) is 3.54. The molecule has 7 heteroatoms. The number of aromatic nitrogens is 2. The van der Waals surface area contributed by atoms with E-state index in [0.717, 1.165) is 24.6 Å². The van der Waals surface area contributed by atoms with Crippen molar-refractivity contribution in [1.29, 1.82) is 0 Å². The standard InChI is InChI=1S/C12H18N4O2S/c1-7(2)14-11(17)9-3-8-4-16(5-10(9)18-8)12-15-13-6-19-12/h6-10H,3-5H2,1-2H3,(H,14,17)/t8-,9+,10+/m0/s1. The first-order valence-electron chi connectivity index (χ1n) is 6.60. The Morgan fingerprint density at radius 3 is 3.11 bits per heavy atom. The van der Waals surface area contributed by atoms with E-state index in [4.69, 9.17) is 4.74 Å². The fraction of sp³-hybridized carbons (Fsp3) is 0.750. The van der Waals surface area contributed by atoms with E-state index in [0.29, 0.717) is 0 Å². The highest BCUT2D eigenvalue weighted by Gasteiger charge is 2.45. The summed E-state index contributed by atoms with van der Waals surface area (Å²) in [5.41, 5.74) is 1.73. The molecule has 3 heterocycles. The van der Waals surface area contributed by atoms with Gasteiger partial charge in [-0.25, -0.2) is 0 Å². The molecule has 1 amide bonds. The normalized spacial score (nSPS) is 29.8. The van der Waals surface area contributed by atoms with Crippen molar-refractivity contribution in [2.24, 2.45) is 5.92 Å². The van der Waals surface area contributed by atoms with Gasteiger partial charge in [0.2, 0.25) is 11.0 Å². The number of ether oxygens (including phenoxy) is 1. The summed E-state index contributed by atoms with van der Waals surface area (Å²) in [5, 5.41) is 11.9. The van der Waals surface area contributed by atoms with Crippen LogP contribution < -0.4 is 10.2 Å². The molecule has 2 fully saturated rings. The second-order valence-electron chi connectivity index (χ2n) is 5.43. The van der Waals surface area contributed by atoms with Crippen LogP contribution in [0.3, 0.4) is 0 Å². The maximum atomic E-state index is 12.2. The summed E-state index contributed by atoms with van der Waals surface area (Å²) in [4.78, 5) is 14.3. The number of anilines is 1. The molecule has 0 spiro atoms. The molecule has 0 saturated carbocycles. The average Bonchev–Trinajstić information content (AvgIpc) is 2.96. The Kier molecular flexibility index (Phi) is 3.40. The predicted octanol–water partition coefficient (Wildman–Crippen LogP) is 0.656. The van der Waals surface area contributed by atoms with Crippen LogP contribution >= 0.6 is 11.3 Å². The molecule has 1 aromatic heterocycles. The fourth-order valence-electron chi connectivity index (χ4n) is 2.79. The van der Waals surface area contributed by atoms with Crippen LogP contribution in [0.15, 0.2) is 5.51 Å². The topological polar surface area (TPSA) is 67.4 Å². The van der Waals surface area contributed by atoms with Crippen LogP contribution in [0.5, 0.6) is 0 Å². The van der Waals surface area contributed by atoms with Gasteiger partial charge in [-0.1, -0.05) is 11.3 Å². The Morgan fingerprint density at radius 2 is 2.42 bits per heavy atom. The zero-order valence-electron chi connectivity index (χ0n) is 11.1. The first-order chi connectivity index (χ1) is 9.13. The third kappa shape index (κ3) is 2.57. The van der Waals surface area contributed by atoms with Crippen LogP contribution in [0.4, 0.5) is 5.13 Å². The lowest BCUT2D eigenvalue weighted by molar-refractivity contribution is -0.127. The van der Waals surface area contributed by atoms with Crippen LogP contribution in [-0.2, 0) is 9.53 Å². The van der Waals surface area contributed by atoms with Gasteiger partial charge in [-0.2, -0.15) is 0 Å². The van der Waals surface area contributed by atoms with Crippen molar-refractivity contribution in [3.05, 3.63) is 5.51 Å². The van der Waals surface area contributed by atoms with Gasteiger partial charge in [-0.05, 0) is 20.3 Å². The van der Waals surface area contributed by atoms with Crippen LogP contribution in [0.25, 0.3) is 0 Å². The molecular formula is C12H18N4O2S. The Balaban J connectivity index is 1.68. The first kappa shape index (κ1) is 12.8. The molecule has 3 atom stereocenters. The second-order valence-corrected chi connectivity index (χ2v) is 6.24. The lowest BCUT2D eigenvalue weighted by Crippen LogP contribution is -2.46. The number of nitrogens with one attached hydrogen (secondary N) is 1. The second kappa shape index (κ2) is 5.05. The van der Waals surface area contributed by atoms with Crippen LogP contribution in [0.2, 0.25) is 0 Å². The van der Waals surface area contributed by atoms with Gasteiger partial charge in [-0.3, -0.25) is 4.79 Å². The van der Waals surface area contributed by atoms with E-state index in [1.807, 2.05) is 13.8 Å². The quantitative estimate of drug-likeness (QED) is 0.882. The lowest BCUT2D eigenvalue weighted by atomic mass is 9.99. The van der Waals surface area contributed by atoms with Crippen LogP contribution in [0, 0.1) is 5.92 Å². The minimum atomic E-state index is -0.0367. The number of rotatable bonds is 3. The zero-order valence-corrected chi connectivity index (χ0v) is 11.9. The number of hydrogen-bond acceptors (Lipinski definition) is 6. The van der Waals surface area contributed by atoms with Gasteiger partial charge in [-0.15, -0.1) is 10.2 Å². The minimum absolute atomic E-state index is 0.0265. The van der Waals surface area contributed by atoms with Crippen molar-refractivity contribution in [3.63, 3.8) is 0 Å². The van der Waals surface area contributed by atoms with E-state index in [2.05, 4.69) is 20.4 Å². The smallest absolute Gasteiger partial charge is 0.226 e. The SMILES string of the molecule is CC(C)NC(=O)[C@@H]1C[C@H]2CN(c3nncs3)C[C@H]1O2. The molecule has 0 aromatic carbocycles. The molecule has 3 rings (SSSR count). The molecule has 0 radical (unpaired) electrons. The summed E-state index contributed by atoms with van der Waals surface area (Å²) in [6, 6.07) is 0.173. The van der Waals surface area contributed by atoms with Crippen molar-refractivity contribution in [1.82, 2.24) is 15.5 Å². The Labute approximate surface area is 116 Å². The highest BCUT2D eigenvalue weighted by Crippen LogP contribution is 2.34.